The molecule has 1 aliphatic heterocycles. The summed E-state index contributed by atoms with van der Waals surface area (Å²) in [6.07, 6.45) is 2.81. The molecule has 1 aliphatic rings. The molecule has 2 heterocycles. The van der Waals surface area contributed by atoms with Gasteiger partial charge < -0.3 is 10.2 Å². The van der Waals surface area contributed by atoms with E-state index in [2.05, 4.69) is 48.0 Å². The van der Waals surface area contributed by atoms with Gasteiger partial charge in [-0.15, -0.1) is 11.3 Å². The summed E-state index contributed by atoms with van der Waals surface area (Å²) in [7, 11) is 0. The van der Waals surface area contributed by atoms with Crippen LogP contribution >= 0.6 is 11.3 Å². The van der Waals surface area contributed by atoms with Crippen LogP contribution in [0.15, 0.2) is 41.8 Å². The molecule has 1 fully saturated rings. The van der Waals surface area contributed by atoms with Crippen LogP contribution in [0.4, 0.5) is 5.69 Å². The smallest absolute Gasteiger partial charge is 0.227 e. The second-order valence-electron chi connectivity index (χ2n) is 6.29. The predicted octanol–water partition coefficient (Wildman–Crippen LogP) is 3.98. The monoisotopic (exact) mass is 328 g/mol. The van der Waals surface area contributed by atoms with Crippen LogP contribution in [0.3, 0.4) is 0 Å². The maximum absolute atomic E-state index is 12.8. The van der Waals surface area contributed by atoms with Gasteiger partial charge in [0.05, 0.1) is 6.54 Å². The van der Waals surface area contributed by atoms with Crippen LogP contribution in [0.25, 0.3) is 0 Å². The van der Waals surface area contributed by atoms with Crippen molar-refractivity contribution in [2.45, 2.75) is 32.7 Å². The van der Waals surface area contributed by atoms with Gasteiger partial charge in [-0.3, -0.25) is 4.79 Å². The summed E-state index contributed by atoms with van der Waals surface area (Å²) in [5, 5.41) is 5.44. The lowest BCUT2D eigenvalue weighted by atomic mass is 10.0. The fourth-order valence-electron chi connectivity index (χ4n) is 3.03. The van der Waals surface area contributed by atoms with Gasteiger partial charge in [-0.25, -0.2) is 0 Å². The first-order chi connectivity index (χ1) is 11.2. The summed E-state index contributed by atoms with van der Waals surface area (Å²) in [5.41, 5.74) is 2.22. The summed E-state index contributed by atoms with van der Waals surface area (Å²) >= 11 is 1.71. The Morgan fingerprint density at radius 3 is 2.78 bits per heavy atom. The number of anilines is 1. The Morgan fingerprint density at radius 2 is 2.13 bits per heavy atom. The highest BCUT2D eigenvalue weighted by Crippen LogP contribution is 2.23. The standard InChI is InChI=1S/C19H24N2OS/c1-15-4-7-17(8-5-15)21(14-18-3-2-12-23-18)19(22)9-6-16-10-11-20-13-16/h2-5,7-8,12,16,20H,6,9-11,13-14H2,1H3. The van der Waals surface area contributed by atoms with E-state index in [9.17, 15) is 4.79 Å². The minimum atomic E-state index is 0.231. The predicted molar refractivity (Wildman–Crippen MR) is 96.9 cm³/mol. The molecule has 2 aromatic rings. The van der Waals surface area contributed by atoms with E-state index in [4.69, 9.17) is 0 Å². The SMILES string of the molecule is Cc1ccc(N(Cc2cccs2)C(=O)CCC2CCNC2)cc1. The molecular weight excluding hydrogens is 304 g/mol. The third kappa shape index (κ3) is 4.43. The van der Waals surface area contributed by atoms with E-state index in [1.54, 1.807) is 11.3 Å². The molecule has 1 unspecified atom stereocenters. The highest BCUT2D eigenvalue weighted by Gasteiger charge is 2.20. The molecule has 1 aromatic heterocycles. The minimum Gasteiger partial charge on any atom is -0.316 e. The van der Waals surface area contributed by atoms with Crippen molar-refractivity contribution in [1.29, 1.82) is 0 Å². The zero-order valence-electron chi connectivity index (χ0n) is 13.6. The van der Waals surface area contributed by atoms with Crippen LogP contribution in [-0.2, 0) is 11.3 Å². The summed E-state index contributed by atoms with van der Waals surface area (Å²) in [6.45, 7) is 4.89. The summed E-state index contributed by atoms with van der Waals surface area (Å²) in [5.74, 6) is 0.884. The third-order valence-electron chi connectivity index (χ3n) is 4.47. The van der Waals surface area contributed by atoms with Gasteiger partial charge in [-0.2, -0.15) is 0 Å². The van der Waals surface area contributed by atoms with Crippen molar-refractivity contribution in [3.63, 3.8) is 0 Å². The van der Waals surface area contributed by atoms with E-state index in [-0.39, 0.29) is 5.91 Å². The Balaban J connectivity index is 1.70. The van der Waals surface area contributed by atoms with E-state index >= 15 is 0 Å². The van der Waals surface area contributed by atoms with Crippen LogP contribution in [-0.4, -0.2) is 19.0 Å². The van der Waals surface area contributed by atoms with Crippen LogP contribution < -0.4 is 10.2 Å². The van der Waals surface area contributed by atoms with Crippen molar-refractivity contribution in [3.05, 3.63) is 52.2 Å². The molecule has 1 amide bonds. The third-order valence-corrected chi connectivity index (χ3v) is 5.33. The summed E-state index contributed by atoms with van der Waals surface area (Å²) < 4.78 is 0. The summed E-state index contributed by atoms with van der Waals surface area (Å²) in [4.78, 5) is 16.0. The normalized spacial score (nSPS) is 17.3. The van der Waals surface area contributed by atoms with Crippen molar-refractivity contribution in [2.24, 2.45) is 5.92 Å². The quantitative estimate of drug-likeness (QED) is 0.870. The highest BCUT2D eigenvalue weighted by atomic mass is 32.1. The number of nitrogens with zero attached hydrogens (tertiary/aromatic N) is 1. The molecule has 4 heteroatoms. The first kappa shape index (κ1) is 16.2. The molecule has 1 aromatic carbocycles. The fraction of sp³-hybridized carbons (Fsp3) is 0.421. The van der Waals surface area contributed by atoms with E-state index in [1.165, 1.54) is 16.9 Å². The lowest BCUT2D eigenvalue weighted by Gasteiger charge is -2.23. The van der Waals surface area contributed by atoms with Crippen LogP contribution in [0.5, 0.6) is 0 Å². The maximum Gasteiger partial charge on any atom is 0.227 e. The largest absolute Gasteiger partial charge is 0.316 e. The topological polar surface area (TPSA) is 32.3 Å². The molecule has 1 atom stereocenters. The van der Waals surface area contributed by atoms with Gasteiger partial charge >= 0.3 is 0 Å². The Morgan fingerprint density at radius 1 is 1.30 bits per heavy atom. The van der Waals surface area contributed by atoms with E-state index < -0.39 is 0 Å². The van der Waals surface area contributed by atoms with Gasteiger partial charge in [-0.05, 0) is 62.4 Å². The molecule has 122 valence electrons. The zero-order chi connectivity index (χ0) is 16.1. The Bertz CT molecular complexity index is 615. The number of rotatable bonds is 6. The van der Waals surface area contributed by atoms with Crippen molar-refractivity contribution >= 4 is 22.9 Å². The molecule has 3 nitrogen and oxygen atoms in total. The van der Waals surface area contributed by atoms with Crippen LogP contribution in [0.2, 0.25) is 0 Å². The average Bonchev–Trinajstić information content (AvgIpc) is 3.25. The molecular formula is C19H24N2OS. The minimum absolute atomic E-state index is 0.231. The lowest BCUT2D eigenvalue weighted by molar-refractivity contribution is -0.119. The van der Waals surface area contributed by atoms with Crippen molar-refractivity contribution in [2.75, 3.05) is 18.0 Å². The van der Waals surface area contributed by atoms with Gasteiger partial charge in [0, 0.05) is 17.0 Å². The van der Waals surface area contributed by atoms with Gasteiger partial charge in [-0.1, -0.05) is 23.8 Å². The average molecular weight is 328 g/mol. The second kappa shape index (κ2) is 7.75. The summed E-state index contributed by atoms with van der Waals surface area (Å²) in [6, 6.07) is 12.4. The van der Waals surface area contributed by atoms with Gasteiger partial charge in [0.2, 0.25) is 5.91 Å². The van der Waals surface area contributed by atoms with Gasteiger partial charge in [0.15, 0.2) is 0 Å². The number of aryl methyl sites for hydroxylation is 1. The molecule has 1 saturated heterocycles. The molecule has 1 N–H and O–H groups in total. The number of nitrogens with one attached hydrogen (secondary N) is 1. The highest BCUT2D eigenvalue weighted by molar-refractivity contribution is 7.09. The van der Waals surface area contributed by atoms with Gasteiger partial charge in [0.25, 0.3) is 0 Å². The van der Waals surface area contributed by atoms with Crippen LogP contribution in [0.1, 0.15) is 29.7 Å². The number of carbonyl (C=O) groups excluding carboxylic acids is 1. The molecule has 0 radical (unpaired) electrons. The molecule has 0 bridgehead atoms. The van der Waals surface area contributed by atoms with E-state index in [0.29, 0.717) is 18.9 Å². The Hall–Kier alpha value is -1.65. The molecule has 3 rings (SSSR count). The Kier molecular flexibility index (Phi) is 5.47. The number of thiophene rings is 1. The number of benzene rings is 1. The van der Waals surface area contributed by atoms with Gasteiger partial charge in [0.1, 0.15) is 0 Å². The molecule has 0 saturated carbocycles. The number of hydrogen-bond acceptors (Lipinski definition) is 3. The van der Waals surface area contributed by atoms with Crippen molar-refractivity contribution in [1.82, 2.24) is 5.32 Å². The Labute approximate surface area is 142 Å². The van der Waals surface area contributed by atoms with Crippen molar-refractivity contribution < 1.29 is 4.79 Å². The molecule has 23 heavy (non-hydrogen) atoms. The molecule has 0 spiro atoms. The molecule has 0 aliphatic carbocycles. The second-order valence-corrected chi connectivity index (χ2v) is 7.32. The number of amides is 1. The van der Waals surface area contributed by atoms with E-state index in [1.807, 2.05) is 11.0 Å². The fourth-order valence-corrected chi connectivity index (χ4v) is 3.72. The first-order valence-corrected chi connectivity index (χ1v) is 9.20. The van der Waals surface area contributed by atoms with Crippen molar-refractivity contribution in [3.8, 4) is 0 Å². The number of carbonyl (C=O) groups is 1. The first-order valence-electron chi connectivity index (χ1n) is 8.32. The number of hydrogen-bond donors (Lipinski definition) is 1. The van der Waals surface area contributed by atoms with Crippen LogP contribution in [0, 0.1) is 12.8 Å². The zero-order valence-corrected chi connectivity index (χ0v) is 14.4. The lowest BCUT2D eigenvalue weighted by Crippen LogP contribution is -2.30. The van der Waals surface area contributed by atoms with E-state index in [0.717, 1.165) is 25.2 Å². The maximum atomic E-state index is 12.8.